The average molecular weight is 314 g/mol. The molecule has 1 atom stereocenters. The van der Waals surface area contributed by atoms with Crippen LogP contribution in [0.5, 0.6) is 0 Å². The molecule has 0 saturated carbocycles. The van der Waals surface area contributed by atoms with Crippen LogP contribution in [0.3, 0.4) is 0 Å². The lowest BCUT2D eigenvalue weighted by Crippen LogP contribution is -1.98. The van der Waals surface area contributed by atoms with Gasteiger partial charge in [0.05, 0.1) is 5.69 Å². The normalized spacial score (nSPS) is 13.2. The van der Waals surface area contributed by atoms with E-state index in [1.165, 1.54) is 11.1 Å². The summed E-state index contributed by atoms with van der Waals surface area (Å²) in [6.07, 6.45) is 3.23. The van der Waals surface area contributed by atoms with Crippen LogP contribution in [0.1, 0.15) is 56.2 Å². The predicted molar refractivity (Wildman–Crippen MR) is 97.6 cm³/mol. The van der Waals surface area contributed by atoms with E-state index in [2.05, 4.69) is 39.0 Å². The molecule has 0 N–H and O–H groups in total. The van der Waals surface area contributed by atoms with Crippen LogP contribution in [0.25, 0.3) is 0 Å². The first kappa shape index (κ1) is 16.8. The minimum absolute atomic E-state index is 0.482. The van der Waals surface area contributed by atoms with Gasteiger partial charge in [-0.25, -0.2) is 4.99 Å². The Morgan fingerprint density at radius 1 is 1.05 bits per heavy atom. The lowest BCUT2D eigenvalue weighted by molar-refractivity contribution is 0.732. The summed E-state index contributed by atoms with van der Waals surface area (Å²) in [6.45, 7) is 6.66. The molecular weight excluding hydrogens is 290 g/mol. The zero-order valence-corrected chi connectivity index (χ0v) is 14.4. The van der Waals surface area contributed by atoms with Gasteiger partial charge in [0.2, 0.25) is 0 Å². The second kappa shape index (κ2) is 8.14. The number of aliphatic imine (C=N–C) groups is 1. The molecule has 0 spiro atoms. The second-order valence-corrected chi connectivity index (χ2v) is 6.04. The van der Waals surface area contributed by atoms with E-state index < -0.39 is 0 Å². The highest BCUT2D eigenvalue weighted by Gasteiger charge is 2.13. The van der Waals surface area contributed by atoms with Gasteiger partial charge in [-0.05, 0) is 29.9 Å². The summed E-state index contributed by atoms with van der Waals surface area (Å²) in [5.74, 6) is 0.482. The Morgan fingerprint density at radius 3 is 2.41 bits per heavy atom. The van der Waals surface area contributed by atoms with Gasteiger partial charge < -0.3 is 0 Å². The summed E-state index contributed by atoms with van der Waals surface area (Å²) in [7, 11) is 0. The first-order chi connectivity index (χ1) is 10.7. The van der Waals surface area contributed by atoms with Crippen molar-refractivity contribution >= 4 is 22.5 Å². The van der Waals surface area contributed by atoms with E-state index in [-0.39, 0.29) is 0 Å². The molecule has 2 aromatic rings. The maximum atomic E-state index is 6.48. The minimum atomic E-state index is 0.482. The van der Waals surface area contributed by atoms with Crippen LogP contribution in [0, 0.1) is 0 Å². The molecule has 2 heteroatoms. The van der Waals surface area contributed by atoms with Crippen molar-refractivity contribution in [1.29, 1.82) is 0 Å². The highest BCUT2D eigenvalue weighted by atomic mass is 35.5. The van der Waals surface area contributed by atoms with E-state index in [1.807, 2.05) is 30.3 Å². The van der Waals surface area contributed by atoms with Crippen molar-refractivity contribution in [2.45, 2.75) is 46.0 Å². The number of hydrogen-bond donors (Lipinski definition) is 0. The molecule has 0 aliphatic heterocycles. The molecule has 1 nitrogen and oxygen atoms in total. The third-order valence-electron chi connectivity index (χ3n) is 4.04. The zero-order valence-electron chi connectivity index (χ0n) is 13.6. The minimum Gasteiger partial charge on any atom is -0.236 e. The van der Waals surface area contributed by atoms with E-state index in [0.29, 0.717) is 11.1 Å². The first-order valence-electron chi connectivity index (χ1n) is 8.08. The molecule has 0 aliphatic carbocycles. The predicted octanol–water partition coefficient (Wildman–Crippen LogP) is 6.47. The van der Waals surface area contributed by atoms with Crippen molar-refractivity contribution in [3.8, 4) is 0 Å². The zero-order chi connectivity index (χ0) is 15.9. The third kappa shape index (κ3) is 3.98. The molecule has 0 bridgehead atoms. The summed E-state index contributed by atoms with van der Waals surface area (Å²) in [5.41, 5.74) is 4.61. The largest absolute Gasteiger partial charge is 0.236 e. The summed E-state index contributed by atoms with van der Waals surface area (Å²) < 4.78 is 0. The molecule has 2 rings (SSSR count). The Balaban J connectivity index is 2.51. The SMILES string of the molecule is CCCc1cccc(C(C)CC)c1/N=C(\Cl)c1ccccc1. The van der Waals surface area contributed by atoms with Crippen molar-refractivity contribution < 1.29 is 0 Å². The average Bonchev–Trinajstić information content (AvgIpc) is 2.56. The summed E-state index contributed by atoms with van der Waals surface area (Å²) in [5, 5.41) is 0.564. The molecule has 0 saturated heterocycles. The molecule has 2 aromatic carbocycles. The van der Waals surface area contributed by atoms with E-state index >= 15 is 0 Å². The second-order valence-electron chi connectivity index (χ2n) is 5.68. The van der Waals surface area contributed by atoms with Gasteiger partial charge >= 0.3 is 0 Å². The Kier molecular flexibility index (Phi) is 6.21. The fourth-order valence-electron chi connectivity index (χ4n) is 2.57. The van der Waals surface area contributed by atoms with Crippen LogP contribution < -0.4 is 0 Å². The highest BCUT2D eigenvalue weighted by Crippen LogP contribution is 2.34. The lowest BCUT2D eigenvalue weighted by atomic mass is 9.93. The highest BCUT2D eigenvalue weighted by molar-refractivity contribution is 6.69. The fourth-order valence-corrected chi connectivity index (χ4v) is 2.79. The third-order valence-corrected chi connectivity index (χ3v) is 4.34. The maximum absolute atomic E-state index is 6.48. The topological polar surface area (TPSA) is 12.4 Å². The first-order valence-corrected chi connectivity index (χ1v) is 8.46. The summed E-state index contributed by atoms with van der Waals surface area (Å²) in [4.78, 5) is 4.80. The lowest BCUT2D eigenvalue weighted by Gasteiger charge is -2.16. The van der Waals surface area contributed by atoms with Gasteiger partial charge in [0.25, 0.3) is 0 Å². The molecule has 22 heavy (non-hydrogen) atoms. The van der Waals surface area contributed by atoms with E-state index in [1.54, 1.807) is 0 Å². The van der Waals surface area contributed by atoms with Crippen molar-refractivity contribution in [2.75, 3.05) is 0 Å². The Labute approximate surface area is 139 Å². The Morgan fingerprint density at radius 2 is 1.77 bits per heavy atom. The molecule has 0 aliphatic rings. The molecule has 0 amide bonds. The van der Waals surface area contributed by atoms with Gasteiger partial charge in [-0.2, -0.15) is 0 Å². The Bertz CT molecular complexity index is 631. The summed E-state index contributed by atoms with van der Waals surface area (Å²) in [6, 6.07) is 16.5. The number of benzene rings is 2. The van der Waals surface area contributed by atoms with Crippen LogP contribution in [-0.4, -0.2) is 5.17 Å². The number of aryl methyl sites for hydroxylation is 1. The number of nitrogens with zero attached hydrogens (tertiary/aromatic N) is 1. The van der Waals surface area contributed by atoms with Crippen molar-refractivity contribution in [1.82, 2.24) is 0 Å². The van der Waals surface area contributed by atoms with Gasteiger partial charge in [-0.1, -0.05) is 87.3 Å². The molecule has 116 valence electrons. The van der Waals surface area contributed by atoms with Crippen molar-refractivity contribution in [3.63, 3.8) is 0 Å². The quantitative estimate of drug-likeness (QED) is 0.542. The van der Waals surface area contributed by atoms with Gasteiger partial charge in [-0.3, -0.25) is 0 Å². The van der Waals surface area contributed by atoms with Crippen LogP contribution in [0.2, 0.25) is 0 Å². The van der Waals surface area contributed by atoms with Gasteiger partial charge in [0, 0.05) is 5.56 Å². The van der Waals surface area contributed by atoms with E-state index in [4.69, 9.17) is 16.6 Å². The Hall–Kier alpha value is -1.60. The van der Waals surface area contributed by atoms with Crippen LogP contribution in [-0.2, 0) is 6.42 Å². The van der Waals surface area contributed by atoms with Gasteiger partial charge in [0.15, 0.2) is 0 Å². The molecular formula is C20H24ClN. The monoisotopic (exact) mass is 313 g/mol. The molecule has 0 aromatic heterocycles. The maximum Gasteiger partial charge on any atom is 0.136 e. The number of halogens is 1. The molecule has 0 fully saturated rings. The van der Waals surface area contributed by atoms with Crippen LogP contribution >= 0.6 is 11.6 Å². The van der Waals surface area contributed by atoms with Crippen molar-refractivity contribution in [3.05, 3.63) is 65.2 Å². The standard InChI is InChI=1S/C20H24ClN/c1-4-10-16-13-9-14-18(15(3)5-2)19(16)22-20(21)17-11-7-6-8-12-17/h6-9,11-15H,4-5,10H2,1-3H3/b22-20-. The smallest absolute Gasteiger partial charge is 0.136 e. The molecule has 0 heterocycles. The fraction of sp³-hybridized carbons (Fsp3) is 0.350. The van der Waals surface area contributed by atoms with Crippen molar-refractivity contribution in [2.24, 2.45) is 4.99 Å². The molecule has 0 radical (unpaired) electrons. The number of para-hydroxylation sites is 1. The van der Waals surface area contributed by atoms with E-state index in [0.717, 1.165) is 30.5 Å². The van der Waals surface area contributed by atoms with Gasteiger partial charge in [0.1, 0.15) is 5.17 Å². The van der Waals surface area contributed by atoms with Crippen LogP contribution in [0.4, 0.5) is 5.69 Å². The van der Waals surface area contributed by atoms with Crippen LogP contribution in [0.15, 0.2) is 53.5 Å². The van der Waals surface area contributed by atoms with E-state index in [9.17, 15) is 0 Å². The molecule has 1 unspecified atom stereocenters. The van der Waals surface area contributed by atoms with Gasteiger partial charge in [-0.15, -0.1) is 0 Å². The number of hydrogen-bond acceptors (Lipinski definition) is 1. The number of rotatable bonds is 6. The summed E-state index contributed by atoms with van der Waals surface area (Å²) >= 11 is 6.48.